The van der Waals surface area contributed by atoms with Gasteiger partial charge in [-0.25, -0.2) is 22.0 Å². The Morgan fingerprint density at radius 2 is 1.57 bits per heavy atom. The van der Waals surface area contributed by atoms with Crippen LogP contribution in [-0.4, -0.2) is 41.9 Å². The molecule has 0 amide bonds. The molecule has 2 aromatic rings. The van der Waals surface area contributed by atoms with Gasteiger partial charge in [0.2, 0.25) is 20.0 Å². The highest BCUT2D eigenvalue weighted by molar-refractivity contribution is 7.89. The van der Waals surface area contributed by atoms with Gasteiger partial charge >= 0.3 is 6.61 Å². The molecule has 2 aromatic carbocycles. The zero-order chi connectivity index (χ0) is 21.1. The summed E-state index contributed by atoms with van der Waals surface area (Å²) in [5.41, 5.74) is 0.378. The maximum absolute atomic E-state index is 12.7. The highest BCUT2D eigenvalue weighted by Gasteiger charge is 2.22. The van der Waals surface area contributed by atoms with E-state index in [4.69, 9.17) is 9.88 Å². The largest absolute Gasteiger partial charge is 0.493 e. The SMILES string of the molecule is COc1ccc(CN(C)S(=O)(=O)c2ccc(S(N)(=O)=O)cc2)cc1OC(F)F. The van der Waals surface area contributed by atoms with Crippen LogP contribution in [0.4, 0.5) is 8.78 Å². The molecule has 28 heavy (non-hydrogen) atoms. The van der Waals surface area contributed by atoms with E-state index >= 15 is 0 Å². The molecule has 0 bridgehead atoms. The molecule has 0 aromatic heterocycles. The Bertz CT molecular complexity index is 1040. The Hall–Kier alpha value is -2.28. The number of hydrogen-bond donors (Lipinski definition) is 1. The number of benzene rings is 2. The van der Waals surface area contributed by atoms with Gasteiger partial charge in [0.15, 0.2) is 11.5 Å². The quantitative estimate of drug-likeness (QED) is 0.674. The van der Waals surface area contributed by atoms with E-state index in [0.717, 1.165) is 28.6 Å². The second-order valence-electron chi connectivity index (χ2n) is 5.64. The Balaban J connectivity index is 2.27. The summed E-state index contributed by atoms with van der Waals surface area (Å²) in [6.07, 6.45) is 0. The third kappa shape index (κ3) is 5.16. The second-order valence-corrected chi connectivity index (χ2v) is 9.25. The molecule has 2 rings (SSSR count). The van der Waals surface area contributed by atoms with Gasteiger partial charge in [-0.15, -0.1) is 0 Å². The Labute approximate surface area is 161 Å². The van der Waals surface area contributed by atoms with Crippen LogP contribution in [0.2, 0.25) is 0 Å². The maximum Gasteiger partial charge on any atom is 0.387 e. The predicted molar refractivity (Wildman–Crippen MR) is 96.1 cm³/mol. The summed E-state index contributed by atoms with van der Waals surface area (Å²) >= 11 is 0. The summed E-state index contributed by atoms with van der Waals surface area (Å²) in [4.78, 5) is -0.377. The van der Waals surface area contributed by atoms with Gasteiger partial charge in [0.1, 0.15) is 0 Å². The van der Waals surface area contributed by atoms with E-state index in [1.807, 2.05) is 0 Å². The van der Waals surface area contributed by atoms with Crippen molar-refractivity contribution in [2.75, 3.05) is 14.2 Å². The summed E-state index contributed by atoms with van der Waals surface area (Å²) in [7, 11) is -5.34. The third-order valence-electron chi connectivity index (χ3n) is 3.71. The molecular weight excluding hydrogens is 418 g/mol. The van der Waals surface area contributed by atoms with Crippen LogP contribution in [0.5, 0.6) is 11.5 Å². The topological polar surface area (TPSA) is 116 Å². The number of rotatable bonds is 8. The van der Waals surface area contributed by atoms with Crippen LogP contribution in [0.3, 0.4) is 0 Å². The smallest absolute Gasteiger partial charge is 0.387 e. The van der Waals surface area contributed by atoms with Crippen LogP contribution < -0.4 is 14.6 Å². The van der Waals surface area contributed by atoms with Crippen molar-refractivity contribution in [3.05, 3.63) is 48.0 Å². The van der Waals surface area contributed by atoms with Crippen molar-refractivity contribution < 1.29 is 35.1 Å². The summed E-state index contributed by atoms with van der Waals surface area (Å²) in [6.45, 7) is -3.22. The molecule has 0 radical (unpaired) electrons. The van der Waals surface area contributed by atoms with E-state index in [-0.39, 0.29) is 27.8 Å². The lowest BCUT2D eigenvalue weighted by atomic mass is 10.2. The Morgan fingerprint density at radius 3 is 2.07 bits per heavy atom. The van der Waals surface area contributed by atoms with E-state index in [2.05, 4.69) is 4.74 Å². The molecule has 154 valence electrons. The van der Waals surface area contributed by atoms with Crippen molar-refractivity contribution in [2.24, 2.45) is 5.14 Å². The first kappa shape index (κ1) is 22.0. The molecular formula is C16H18F2N2O6S2. The number of hydrogen-bond acceptors (Lipinski definition) is 6. The van der Waals surface area contributed by atoms with Gasteiger partial charge < -0.3 is 9.47 Å². The maximum atomic E-state index is 12.7. The molecule has 0 saturated heterocycles. The number of alkyl halides is 2. The van der Waals surface area contributed by atoms with Gasteiger partial charge in [-0.05, 0) is 42.0 Å². The first-order valence-corrected chi connectivity index (χ1v) is 10.6. The minimum Gasteiger partial charge on any atom is -0.493 e. The van der Waals surface area contributed by atoms with Gasteiger partial charge in [0, 0.05) is 13.6 Å². The highest BCUT2D eigenvalue weighted by atomic mass is 32.2. The lowest BCUT2D eigenvalue weighted by Gasteiger charge is -2.18. The number of sulfonamides is 2. The molecule has 0 unspecified atom stereocenters. The molecule has 0 saturated carbocycles. The summed E-state index contributed by atoms with van der Waals surface area (Å²) < 4.78 is 83.2. The summed E-state index contributed by atoms with van der Waals surface area (Å²) in [6, 6.07) is 8.54. The fourth-order valence-electron chi connectivity index (χ4n) is 2.33. The lowest BCUT2D eigenvalue weighted by molar-refractivity contribution is -0.0512. The van der Waals surface area contributed by atoms with Crippen molar-refractivity contribution in [1.29, 1.82) is 0 Å². The average Bonchev–Trinajstić information content (AvgIpc) is 2.60. The number of nitrogens with zero attached hydrogens (tertiary/aromatic N) is 1. The second kappa shape index (κ2) is 8.39. The van der Waals surface area contributed by atoms with Crippen LogP contribution in [0, 0.1) is 0 Å². The van der Waals surface area contributed by atoms with Crippen molar-refractivity contribution in [2.45, 2.75) is 22.9 Å². The van der Waals surface area contributed by atoms with Crippen molar-refractivity contribution in [1.82, 2.24) is 4.31 Å². The summed E-state index contributed by atoms with van der Waals surface area (Å²) in [5.74, 6) is -0.147. The Morgan fingerprint density at radius 1 is 1.00 bits per heavy atom. The molecule has 0 spiro atoms. The zero-order valence-corrected chi connectivity index (χ0v) is 16.5. The van der Waals surface area contributed by atoms with Crippen LogP contribution in [0.1, 0.15) is 5.56 Å². The molecule has 8 nitrogen and oxygen atoms in total. The van der Waals surface area contributed by atoms with Crippen molar-refractivity contribution in [3.63, 3.8) is 0 Å². The Kier molecular flexibility index (Phi) is 6.59. The van der Waals surface area contributed by atoms with Gasteiger partial charge in [0.25, 0.3) is 0 Å². The van der Waals surface area contributed by atoms with Gasteiger partial charge in [0.05, 0.1) is 16.9 Å². The predicted octanol–water partition coefficient (Wildman–Crippen LogP) is 1.76. The van der Waals surface area contributed by atoms with Crippen LogP contribution >= 0.6 is 0 Å². The molecule has 0 aliphatic carbocycles. The molecule has 0 fully saturated rings. The third-order valence-corrected chi connectivity index (χ3v) is 6.46. The molecule has 0 aliphatic heterocycles. The monoisotopic (exact) mass is 436 g/mol. The zero-order valence-electron chi connectivity index (χ0n) is 14.9. The number of halogens is 2. The average molecular weight is 436 g/mol. The fourth-order valence-corrected chi connectivity index (χ4v) is 4.01. The number of methoxy groups -OCH3 is 1. The van der Waals surface area contributed by atoms with E-state index in [1.54, 1.807) is 0 Å². The number of nitrogens with two attached hydrogens (primary N) is 1. The van der Waals surface area contributed by atoms with E-state index in [9.17, 15) is 25.6 Å². The minimum atomic E-state index is -3.97. The standard InChI is InChI=1S/C16H18F2N2O6S2/c1-20(10-11-3-8-14(25-2)15(9-11)26-16(17)18)28(23,24)13-6-4-12(5-7-13)27(19,21)22/h3-9,16H,10H2,1-2H3,(H2,19,21,22). The van der Waals surface area contributed by atoms with Crippen LogP contribution in [0.15, 0.2) is 52.3 Å². The normalized spacial score (nSPS) is 12.4. The number of primary sulfonamides is 1. The molecule has 2 N–H and O–H groups in total. The van der Waals surface area contributed by atoms with Crippen molar-refractivity contribution >= 4 is 20.0 Å². The molecule has 12 heteroatoms. The van der Waals surface area contributed by atoms with E-state index in [0.29, 0.717) is 5.56 Å². The molecule has 0 aliphatic rings. The van der Waals surface area contributed by atoms with Gasteiger partial charge in [-0.3, -0.25) is 0 Å². The van der Waals surface area contributed by atoms with E-state index < -0.39 is 26.7 Å². The van der Waals surface area contributed by atoms with Crippen LogP contribution in [-0.2, 0) is 26.6 Å². The van der Waals surface area contributed by atoms with Crippen LogP contribution in [0.25, 0.3) is 0 Å². The first-order valence-electron chi connectivity index (χ1n) is 7.66. The lowest BCUT2D eigenvalue weighted by Crippen LogP contribution is -2.26. The fraction of sp³-hybridized carbons (Fsp3) is 0.250. The van der Waals surface area contributed by atoms with E-state index in [1.165, 1.54) is 32.4 Å². The first-order chi connectivity index (χ1) is 12.9. The molecule has 0 heterocycles. The summed E-state index contributed by atoms with van der Waals surface area (Å²) in [5, 5.41) is 4.99. The minimum absolute atomic E-state index is 0.0770. The molecule has 0 atom stereocenters. The highest BCUT2D eigenvalue weighted by Crippen LogP contribution is 2.30. The van der Waals surface area contributed by atoms with Gasteiger partial charge in [-0.2, -0.15) is 13.1 Å². The number of ether oxygens (including phenoxy) is 2. The van der Waals surface area contributed by atoms with Crippen molar-refractivity contribution in [3.8, 4) is 11.5 Å². The van der Waals surface area contributed by atoms with Gasteiger partial charge in [-0.1, -0.05) is 6.07 Å².